The minimum atomic E-state index is -1.13. The minimum Gasteiger partial charge on any atom is -0.384 e. The molecule has 1 fully saturated rings. The molecule has 3 atom stereocenters. The zero-order valence-electron chi connectivity index (χ0n) is 20.9. The normalized spacial score (nSPS) is 17.6. The van der Waals surface area contributed by atoms with Crippen molar-refractivity contribution in [3.8, 4) is 0 Å². The summed E-state index contributed by atoms with van der Waals surface area (Å²) in [6.45, 7) is 3.88. The van der Waals surface area contributed by atoms with Crippen molar-refractivity contribution >= 4 is 29.4 Å². The maximum atomic E-state index is 14.4. The summed E-state index contributed by atoms with van der Waals surface area (Å²) in [4.78, 5) is 50.2. The van der Waals surface area contributed by atoms with Crippen molar-refractivity contribution in [2.45, 2.75) is 38.8 Å². The number of urea groups is 1. The van der Waals surface area contributed by atoms with Gasteiger partial charge in [0.2, 0.25) is 5.91 Å². The average molecular weight is 505 g/mol. The van der Waals surface area contributed by atoms with Crippen LogP contribution in [0.25, 0.3) is 0 Å². The molecule has 1 aliphatic rings. The van der Waals surface area contributed by atoms with E-state index in [-0.39, 0.29) is 23.8 Å². The molecule has 4 rings (SSSR count). The largest absolute Gasteiger partial charge is 0.384 e. The molecule has 3 N–H and O–H groups in total. The Labute approximate surface area is 214 Å². The monoisotopic (exact) mass is 504 g/mol. The number of carbonyl (C=O) groups is 3. The molecule has 37 heavy (non-hydrogen) atoms. The summed E-state index contributed by atoms with van der Waals surface area (Å²) in [7, 11) is 1.56. The lowest BCUT2D eigenvalue weighted by Crippen LogP contribution is -2.70. The Morgan fingerprint density at radius 3 is 2.62 bits per heavy atom. The summed E-state index contributed by atoms with van der Waals surface area (Å²) in [5.41, 5.74) is 8.34. The van der Waals surface area contributed by atoms with Crippen molar-refractivity contribution in [2.24, 2.45) is 5.92 Å². The second kappa shape index (κ2) is 10.7. The number of halogens is 1. The Morgan fingerprint density at radius 2 is 1.95 bits per heavy atom. The number of likely N-dealkylation sites (tertiary alicyclic amines) is 1. The Kier molecular flexibility index (Phi) is 7.47. The molecular weight excluding hydrogens is 475 g/mol. The molecule has 0 saturated carbocycles. The number of likely N-dealkylation sites (N-methyl/N-ethyl adjacent to an activating group) is 1. The Morgan fingerprint density at radius 1 is 1.22 bits per heavy atom. The summed E-state index contributed by atoms with van der Waals surface area (Å²) < 4.78 is 14.4. The van der Waals surface area contributed by atoms with E-state index >= 15 is 0 Å². The number of imide groups is 1. The van der Waals surface area contributed by atoms with E-state index in [9.17, 15) is 18.8 Å². The minimum absolute atomic E-state index is 0.0958. The maximum Gasteiger partial charge on any atom is 0.325 e. The fourth-order valence-electron chi connectivity index (χ4n) is 4.57. The lowest BCUT2D eigenvalue weighted by molar-refractivity contribution is -0.156. The second-order valence-corrected chi connectivity index (χ2v) is 9.09. The predicted molar refractivity (Wildman–Crippen MR) is 137 cm³/mol. The number of β-lactam (4-membered cyclic amide) rings is 1. The molecule has 1 aliphatic heterocycles. The highest BCUT2D eigenvalue weighted by molar-refractivity contribution is 6.12. The molecular formula is C27H29FN6O3. The van der Waals surface area contributed by atoms with Gasteiger partial charge in [0.05, 0.1) is 18.2 Å². The number of nitrogens with zero attached hydrogens (tertiary/aromatic N) is 4. The molecule has 2 aromatic heterocycles. The van der Waals surface area contributed by atoms with Crippen molar-refractivity contribution in [3.05, 3.63) is 83.6 Å². The third-order valence-corrected chi connectivity index (χ3v) is 6.61. The van der Waals surface area contributed by atoms with Gasteiger partial charge in [0.1, 0.15) is 17.7 Å². The highest BCUT2D eigenvalue weighted by atomic mass is 19.1. The first-order valence-corrected chi connectivity index (χ1v) is 12.0. The highest BCUT2D eigenvalue weighted by Gasteiger charge is 2.55. The van der Waals surface area contributed by atoms with Gasteiger partial charge in [0.25, 0.3) is 5.91 Å². The summed E-state index contributed by atoms with van der Waals surface area (Å²) in [5.74, 6) is -2.52. The molecule has 0 unspecified atom stereocenters. The predicted octanol–water partition coefficient (Wildman–Crippen LogP) is 3.40. The summed E-state index contributed by atoms with van der Waals surface area (Å²) in [5, 5.41) is 2.89. The van der Waals surface area contributed by atoms with Crippen molar-refractivity contribution in [1.29, 1.82) is 0 Å². The van der Waals surface area contributed by atoms with Crippen LogP contribution in [0.5, 0.6) is 0 Å². The molecule has 0 spiro atoms. The first kappa shape index (κ1) is 25.7. The van der Waals surface area contributed by atoms with E-state index < -0.39 is 35.6 Å². The molecule has 0 bridgehead atoms. The lowest BCUT2D eigenvalue weighted by atomic mass is 9.81. The van der Waals surface area contributed by atoms with Gasteiger partial charge >= 0.3 is 6.03 Å². The standard InChI is InChI=1S/C27H29FN6O3/c1-4-22(17-7-5-6-16(2)12-17)32-27(37)34-24(26(36)33(3)19-8-10-30-11-9-19)20(25(34)35)13-18-14-23(29)31-15-21(18)28/h5-12,14-15,20,22,24H,4,13H2,1-3H3,(H2,29,31)(H,32,37)/t20-,22-,24+/m1/s1. The number of benzene rings is 1. The number of hydrogen-bond acceptors (Lipinski definition) is 6. The topological polar surface area (TPSA) is 122 Å². The van der Waals surface area contributed by atoms with Crippen LogP contribution in [0.3, 0.4) is 0 Å². The first-order valence-electron chi connectivity index (χ1n) is 12.0. The van der Waals surface area contributed by atoms with Crippen molar-refractivity contribution in [1.82, 2.24) is 20.2 Å². The molecule has 0 aliphatic carbocycles. The fraction of sp³-hybridized carbons (Fsp3) is 0.296. The summed E-state index contributed by atoms with van der Waals surface area (Å²) in [6, 6.07) is 10.2. The number of pyridine rings is 2. The van der Waals surface area contributed by atoms with Gasteiger partial charge < -0.3 is 16.0 Å². The summed E-state index contributed by atoms with van der Waals surface area (Å²) >= 11 is 0. The summed E-state index contributed by atoms with van der Waals surface area (Å²) in [6.07, 6.45) is 4.53. The molecule has 10 heteroatoms. The smallest absolute Gasteiger partial charge is 0.325 e. The van der Waals surface area contributed by atoms with Crippen molar-refractivity contribution < 1.29 is 18.8 Å². The number of aromatic nitrogens is 2. The molecule has 3 heterocycles. The quantitative estimate of drug-likeness (QED) is 0.476. The van der Waals surface area contributed by atoms with Gasteiger partial charge in [-0.2, -0.15) is 0 Å². The van der Waals surface area contributed by atoms with E-state index in [1.807, 2.05) is 38.1 Å². The van der Waals surface area contributed by atoms with Crippen molar-refractivity contribution in [2.75, 3.05) is 17.7 Å². The number of anilines is 2. The zero-order chi connectivity index (χ0) is 26.7. The van der Waals surface area contributed by atoms with Crippen LogP contribution in [0.4, 0.5) is 20.7 Å². The highest BCUT2D eigenvalue weighted by Crippen LogP contribution is 2.34. The van der Waals surface area contributed by atoms with Gasteiger partial charge in [-0.15, -0.1) is 0 Å². The van der Waals surface area contributed by atoms with Crippen LogP contribution < -0.4 is 16.0 Å². The number of rotatable bonds is 7. The van der Waals surface area contributed by atoms with E-state index in [1.54, 1.807) is 19.2 Å². The molecule has 9 nitrogen and oxygen atoms in total. The number of aryl methyl sites for hydroxylation is 1. The van der Waals surface area contributed by atoms with E-state index in [1.165, 1.54) is 23.4 Å². The van der Waals surface area contributed by atoms with Gasteiger partial charge in [0, 0.05) is 25.1 Å². The van der Waals surface area contributed by atoms with Crippen LogP contribution in [0, 0.1) is 18.7 Å². The molecule has 1 aromatic carbocycles. The molecule has 1 saturated heterocycles. The zero-order valence-corrected chi connectivity index (χ0v) is 20.9. The van der Waals surface area contributed by atoms with E-state index in [0.717, 1.165) is 22.2 Å². The third kappa shape index (κ3) is 5.28. The van der Waals surface area contributed by atoms with E-state index in [2.05, 4.69) is 15.3 Å². The van der Waals surface area contributed by atoms with Crippen LogP contribution in [-0.4, -0.2) is 45.8 Å². The van der Waals surface area contributed by atoms with Crippen LogP contribution >= 0.6 is 0 Å². The van der Waals surface area contributed by atoms with Crippen LogP contribution in [0.2, 0.25) is 0 Å². The number of carbonyl (C=O) groups excluding carboxylic acids is 3. The average Bonchev–Trinajstić information content (AvgIpc) is 2.90. The van der Waals surface area contributed by atoms with E-state index in [4.69, 9.17) is 5.73 Å². The van der Waals surface area contributed by atoms with Gasteiger partial charge in [-0.05, 0) is 49.1 Å². The van der Waals surface area contributed by atoms with Gasteiger partial charge in [0.15, 0.2) is 0 Å². The third-order valence-electron chi connectivity index (χ3n) is 6.61. The molecule has 192 valence electrons. The second-order valence-electron chi connectivity index (χ2n) is 9.09. The molecule has 3 aromatic rings. The van der Waals surface area contributed by atoms with E-state index in [0.29, 0.717) is 12.1 Å². The number of hydrogen-bond donors (Lipinski definition) is 2. The Hall–Kier alpha value is -4.34. The number of nitrogens with two attached hydrogens (primary N) is 1. The Bertz CT molecular complexity index is 1320. The van der Waals surface area contributed by atoms with Crippen LogP contribution in [0.15, 0.2) is 61.1 Å². The Balaban J connectivity index is 1.62. The van der Waals surface area contributed by atoms with Crippen LogP contribution in [0.1, 0.15) is 36.1 Å². The SMILES string of the molecule is CC[C@@H](NC(=O)N1C(=O)[C@H](Cc2cc(N)ncc2F)[C@H]1C(=O)N(C)c1ccncc1)c1cccc(C)c1. The van der Waals surface area contributed by atoms with Gasteiger partial charge in [-0.3, -0.25) is 19.5 Å². The van der Waals surface area contributed by atoms with Crippen molar-refractivity contribution in [3.63, 3.8) is 0 Å². The fourth-order valence-corrected chi connectivity index (χ4v) is 4.57. The lowest BCUT2D eigenvalue weighted by Gasteiger charge is -2.46. The van der Waals surface area contributed by atoms with Crippen LogP contribution in [-0.2, 0) is 16.0 Å². The molecule has 0 radical (unpaired) electrons. The van der Waals surface area contributed by atoms with Gasteiger partial charge in [-0.1, -0.05) is 36.8 Å². The number of amides is 4. The van der Waals surface area contributed by atoms with Gasteiger partial charge in [-0.25, -0.2) is 14.2 Å². The first-order chi connectivity index (χ1) is 17.7. The molecule has 4 amide bonds. The maximum absolute atomic E-state index is 14.4. The number of nitrogen functional groups attached to an aromatic ring is 1. The number of nitrogens with one attached hydrogen (secondary N) is 1.